The third-order valence-electron chi connectivity index (χ3n) is 6.74. The lowest BCUT2D eigenvalue weighted by molar-refractivity contribution is -0.143. The monoisotopic (exact) mass is 507 g/mol. The number of aliphatic carboxylic acids is 1. The first-order valence-electron chi connectivity index (χ1n) is 12.5. The number of aryl methyl sites for hydroxylation is 2. The Balaban J connectivity index is 1.44. The van der Waals surface area contributed by atoms with Crippen LogP contribution >= 0.6 is 0 Å². The number of hydrogen-bond donors (Lipinski definition) is 1. The highest BCUT2D eigenvalue weighted by Crippen LogP contribution is 2.30. The molecule has 0 aliphatic heterocycles. The zero-order chi connectivity index (χ0) is 26.5. The van der Waals surface area contributed by atoms with Gasteiger partial charge in [0.2, 0.25) is 0 Å². The summed E-state index contributed by atoms with van der Waals surface area (Å²) in [6.07, 6.45) is 1.85. The van der Waals surface area contributed by atoms with Crippen LogP contribution in [0.25, 0.3) is 11.4 Å². The van der Waals surface area contributed by atoms with Crippen LogP contribution in [0.5, 0.6) is 5.75 Å². The highest BCUT2D eigenvalue weighted by molar-refractivity contribution is 5.70. The van der Waals surface area contributed by atoms with Gasteiger partial charge >= 0.3 is 12.1 Å². The van der Waals surface area contributed by atoms with Crippen LogP contribution in [0.2, 0.25) is 0 Å². The minimum atomic E-state index is -0.767. The van der Waals surface area contributed by atoms with E-state index in [4.69, 9.17) is 9.47 Å². The van der Waals surface area contributed by atoms with E-state index in [1.54, 1.807) is 18.8 Å². The summed E-state index contributed by atoms with van der Waals surface area (Å²) in [5.74, 6) is -0.509. The van der Waals surface area contributed by atoms with Gasteiger partial charge in [-0.2, -0.15) is 0 Å². The van der Waals surface area contributed by atoms with E-state index in [1.165, 1.54) is 4.90 Å². The van der Waals surface area contributed by atoms with Crippen LogP contribution in [0.4, 0.5) is 4.79 Å². The maximum absolute atomic E-state index is 12.7. The Hall–Kier alpha value is -3.95. The van der Waals surface area contributed by atoms with Crippen LogP contribution in [0, 0.1) is 12.8 Å². The summed E-state index contributed by atoms with van der Waals surface area (Å²) in [5, 5.41) is 17.8. The molecule has 0 spiro atoms. The normalized spacial score (nSPS) is 18.2. The Bertz CT molecular complexity index is 1250. The smallest absolute Gasteiger partial charge is 0.410 e. The van der Waals surface area contributed by atoms with Crippen LogP contribution in [0.3, 0.4) is 0 Å². The molecule has 1 aliphatic rings. The van der Waals surface area contributed by atoms with Crippen molar-refractivity contribution in [3.63, 3.8) is 0 Å². The molecule has 0 unspecified atom stereocenters. The van der Waals surface area contributed by atoms with Gasteiger partial charge in [0, 0.05) is 14.1 Å². The second-order valence-electron chi connectivity index (χ2n) is 9.52. The molecule has 0 saturated heterocycles. The third-order valence-corrected chi connectivity index (χ3v) is 6.74. The van der Waals surface area contributed by atoms with E-state index < -0.39 is 12.1 Å². The van der Waals surface area contributed by atoms with Crippen LogP contribution in [0.15, 0.2) is 42.5 Å². The molecular formula is C27H33N5O5. The topological polar surface area (TPSA) is 120 Å². The Morgan fingerprint density at radius 2 is 1.95 bits per heavy atom. The quantitative estimate of drug-likeness (QED) is 0.472. The van der Waals surface area contributed by atoms with Crippen molar-refractivity contribution in [3.8, 4) is 17.1 Å². The number of carboxylic acids is 1. The summed E-state index contributed by atoms with van der Waals surface area (Å²) < 4.78 is 13.4. The van der Waals surface area contributed by atoms with Gasteiger partial charge in [0.15, 0.2) is 0 Å². The maximum atomic E-state index is 12.7. The molecule has 196 valence electrons. The van der Waals surface area contributed by atoms with E-state index >= 15 is 0 Å². The summed E-state index contributed by atoms with van der Waals surface area (Å²) in [6.45, 7) is 3.92. The maximum Gasteiger partial charge on any atom is 0.410 e. The lowest BCUT2D eigenvalue weighted by Crippen LogP contribution is -2.29. The number of carbonyl (C=O) groups is 2. The number of amides is 1. The molecule has 1 fully saturated rings. The Morgan fingerprint density at radius 1 is 1.19 bits per heavy atom. The van der Waals surface area contributed by atoms with Gasteiger partial charge in [0.1, 0.15) is 17.5 Å². The van der Waals surface area contributed by atoms with Crippen LogP contribution in [-0.4, -0.2) is 55.2 Å². The fourth-order valence-corrected chi connectivity index (χ4v) is 4.54. The van der Waals surface area contributed by atoms with Crippen molar-refractivity contribution in [3.05, 3.63) is 59.4 Å². The second-order valence-corrected chi connectivity index (χ2v) is 9.52. The number of hydrogen-bond acceptors (Lipinski definition) is 7. The van der Waals surface area contributed by atoms with E-state index in [0.29, 0.717) is 41.4 Å². The van der Waals surface area contributed by atoms with Gasteiger partial charge in [-0.05, 0) is 57.2 Å². The Labute approximate surface area is 216 Å². The van der Waals surface area contributed by atoms with Crippen LogP contribution in [-0.2, 0) is 23.1 Å². The van der Waals surface area contributed by atoms with Crippen molar-refractivity contribution in [2.45, 2.75) is 58.3 Å². The molecule has 0 radical (unpaired) electrons. The Kier molecular flexibility index (Phi) is 8.05. The van der Waals surface area contributed by atoms with Crippen molar-refractivity contribution in [2.24, 2.45) is 13.0 Å². The molecule has 1 aromatic carbocycles. The molecule has 2 aromatic heterocycles. The zero-order valence-electron chi connectivity index (χ0n) is 21.6. The molecule has 3 aromatic rings. The molecule has 4 rings (SSSR count). The predicted molar refractivity (Wildman–Crippen MR) is 136 cm³/mol. The van der Waals surface area contributed by atoms with E-state index in [-0.39, 0.29) is 24.7 Å². The average molecular weight is 508 g/mol. The molecular weight excluding hydrogens is 474 g/mol. The SMILES string of the molecule is Cc1nc(-c2nnn(C)c2CN(C)C(=O)O[C@H](C)c2ccccc2)ccc1O[C@H]1CCC[C@H](C(=O)O)C1. The first-order valence-corrected chi connectivity index (χ1v) is 12.5. The second kappa shape index (κ2) is 11.4. The van der Waals surface area contributed by atoms with Crippen molar-refractivity contribution >= 4 is 12.1 Å². The van der Waals surface area contributed by atoms with Gasteiger partial charge in [-0.25, -0.2) is 14.5 Å². The first-order chi connectivity index (χ1) is 17.7. The van der Waals surface area contributed by atoms with E-state index in [9.17, 15) is 14.7 Å². The van der Waals surface area contributed by atoms with Gasteiger partial charge in [-0.1, -0.05) is 35.5 Å². The zero-order valence-corrected chi connectivity index (χ0v) is 21.6. The van der Waals surface area contributed by atoms with E-state index in [1.807, 2.05) is 56.3 Å². The number of nitrogens with zero attached hydrogens (tertiary/aromatic N) is 5. The lowest BCUT2D eigenvalue weighted by Gasteiger charge is -2.27. The molecule has 1 aliphatic carbocycles. The standard InChI is InChI=1S/C27H33N5O5/c1-17-24(37-21-12-8-11-20(15-21)26(33)34)14-13-22(28-17)25-23(32(4)30-29-25)16-31(3)27(35)36-18(2)19-9-6-5-7-10-19/h5-7,9-10,13-14,18,20-21H,8,11-12,15-16H2,1-4H3,(H,33,34)/t18-,20+,21+/m1/s1. The Morgan fingerprint density at radius 3 is 2.65 bits per heavy atom. The third kappa shape index (κ3) is 6.25. The number of carbonyl (C=O) groups excluding carboxylic acids is 1. The highest BCUT2D eigenvalue weighted by atomic mass is 16.6. The highest BCUT2D eigenvalue weighted by Gasteiger charge is 2.29. The van der Waals surface area contributed by atoms with Crippen molar-refractivity contribution in [1.29, 1.82) is 0 Å². The minimum absolute atomic E-state index is 0.147. The van der Waals surface area contributed by atoms with Gasteiger partial charge < -0.3 is 19.5 Å². The lowest BCUT2D eigenvalue weighted by atomic mass is 9.87. The number of ether oxygens (including phenoxy) is 2. The fraction of sp³-hybridized carbons (Fsp3) is 0.444. The van der Waals surface area contributed by atoms with Crippen molar-refractivity contribution < 1.29 is 24.2 Å². The number of carboxylic acid groups (broad SMARTS) is 1. The van der Waals surface area contributed by atoms with E-state index in [2.05, 4.69) is 15.3 Å². The number of rotatable bonds is 8. The number of pyridine rings is 1. The summed E-state index contributed by atoms with van der Waals surface area (Å²) in [7, 11) is 3.44. The predicted octanol–water partition coefficient (Wildman–Crippen LogP) is 4.54. The fourth-order valence-electron chi connectivity index (χ4n) is 4.54. The summed E-state index contributed by atoms with van der Waals surface area (Å²) in [6, 6.07) is 13.2. The van der Waals surface area contributed by atoms with Gasteiger partial charge in [-0.15, -0.1) is 5.10 Å². The first kappa shape index (κ1) is 26.1. The summed E-state index contributed by atoms with van der Waals surface area (Å²) in [5.41, 5.74) is 3.48. The van der Waals surface area contributed by atoms with Gasteiger partial charge in [0.25, 0.3) is 0 Å². The van der Waals surface area contributed by atoms with Crippen molar-refractivity contribution in [1.82, 2.24) is 24.9 Å². The van der Waals surface area contributed by atoms with Crippen LogP contribution < -0.4 is 4.74 Å². The molecule has 2 heterocycles. The van der Waals surface area contributed by atoms with Gasteiger partial charge in [0.05, 0.1) is 35.6 Å². The number of aromatic nitrogens is 4. The molecule has 1 N–H and O–H groups in total. The van der Waals surface area contributed by atoms with Crippen molar-refractivity contribution in [2.75, 3.05) is 7.05 Å². The molecule has 0 bridgehead atoms. The molecule has 1 saturated carbocycles. The van der Waals surface area contributed by atoms with Gasteiger partial charge in [-0.3, -0.25) is 4.79 Å². The molecule has 10 heteroatoms. The van der Waals surface area contributed by atoms with E-state index in [0.717, 1.165) is 18.4 Å². The largest absolute Gasteiger partial charge is 0.489 e. The summed E-state index contributed by atoms with van der Waals surface area (Å²) >= 11 is 0. The molecule has 37 heavy (non-hydrogen) atoms. The van der Waals surface area contributed by atoms with Crippen LogP contribution in [0.1, 0.15) is 55.7 Å². The molecule has 3 atom stereocenters. The molecule has 1 amide bonds. The summed E-state index contributed by atoms with van der Waals surface area (Å²) in [4.78, 5) is 30.3. The molecule has 10 nitrogen and oxygen atoms in total. The minimum Gasteiger partial charge on any atom is -0.489 e. The number of benzene rings is 1. The average Bonchev–Trinajstić information content (AvgIpc) is 3.25.